The molecule has 0 radical (unpaired) electrons. The summed E-state index contributed by atoms with van der Waals surface area (Å²) in [5, 5.41) is 8.35. The van der Waals surface area contributed by atoms with Gasteiger partial charge in [0, 0.05) is 22.6 Å². The second-order valence-electron chi connectivity index (χ2n) is 5.68. The van der Waals surface area contributed by atoms with Crippen LogP contribution in [0.5, 0.6) is 0 Å². The van der Waals surface area contributed by atoms with Crippen molar-refractivity contribution < 1.29 is 0 Å². The number of halogens is 1. The lowest BCUT2D eigenvalue weighted by Gasteiger charge is -2.12. The first-order valence-electron chi connectivity index (χ1n) is 8.29. The number of hydrogen-bond donors (Lipinski definition) is 2. The molecule has 5 heteroatoms. The third kappa shape index (κ3) is 4.15. The van der Waals surface area contributed by atoms with Crippen LogP contribution in [-0.4, -0.2) is 16.5 Å². The van der Waals surface area contributed by atoms with Crippen LogP contribution in [0.15, 0.2) is 48.5 Å². The molecule has 0 amide bonds. The smallest absolute Gasteiger partial charge is 0.225 e. The Labute approximate surface area is 147 Å². The molecule has 3 aromatic rings. The Balaban J connectivity index is 1.89. The van der Waals surface area contributed by atoms with Crippen LogP contribution in [0.3, 0.4) is 0 Å². The zero-order chi connectivity index (χ0) is 16.8. The molecule has 0 atom stereocenters. The minimum atomic E-state index is 0.648. The van der Waals surface area contributed by atoms with Crippen LogP contribution in [0.4, 0.5) is 17.5 Å². The van der Waals surface area contributed by atoms with Crippen molar-refractivity contribution >= 4 is 40.0 Å². The highest BCUT2D eigenvalue weighted by Crippen LogP contribution is 2.26. The molecular weight excluding hydrogens is 320 g/mol. The maximum Gasteiger partial charge on any atom is 0.225 e. The van der Waals surface area contributed by atoms with Gasteiger partial charge in [-0.3, -0.25) is 0 Å². The number of nitrogens with one attached hydrogen (secondary N) is 2. The molecule has 0 aliphatic rings. The van der Waals surface area contributed by atoms with E-state index >= 15 is 0 Å². The Morgan fingerprint density at radius 2 is 1.88 bits per heavy atom. The fourth-order valence-electron chi connectivity index (χ4n) is 2.53. The van der Waals surface area contributed by atoms with Gasteiger partial charge in [0.2, 0.25) is 5.95 Å². The Morgan fingerprint density at radius 3 is 2.71 bits per heavy atom. The SMILES string of the molecule is CCCCCNc1nc(Nc2cccc(Cl)c2)c2ccccc2n1. The lowest BCUT2D eigenvalue weighted by molar-refractivity contribution is 0.741. The third-order valence-corrected chi connectivity index (χ3v) is 3.99. The van der Waals surface area contributed by atoms with Crippen molar-refractivity contribution in [2.75, 3.05) is 17.2 Å². The fraction of sp³-hybridized carbons (Fsp3) is 0.263. The Hall–Kier alpha value is -2.33. The van der Waals surface area contributed by atoms with E-state index in [9.17, 15) is 0 Å². The summed E-state index contributed by atoms with van der Waals surface area (Å²) in [6, 6.07) is 15.6. The van der Waals surface area contributed by atoms with Crippen LogP contribution >= 0.6 is 11.6 Å². The molecule has 2 N–H and O–H groups in total. The first-order valence-corrected chi connectivity index (χ1v) is 8.67. The molecule has 0 saturated heterocycles. The number of fused-ring (bicyclic) bond motifs is 1. The van der Waals surface area contributed by atoms with Gasteiger partial charge in [-0.1, -0.05) is 49.6 Å². The van der Waals surface area contributed by atoms with Gasteiger partial charge in [-0.15, -0.1) is 0 Å². The first-order chi connectivity index (χ1) is 11.8. The quantitative estimate of drug-likeness (QED) is 0.547. The van der Waals surface area contributed by atoms with E-state index in [4.69, 9.17) is 11.6 Å². The minimum Gasteiger partial charge on any atom is -0.354 e. The number of para-hydroxylation sites is 1. The van der Waals surface area contributed by atoms with E-state index in [0.29, 0.717) is 11.0 Å². The van der Waals surface area contributed by atoms with Crippen molar-refractivity contribution in [3.8, 4) is 0 Å². The normalized spacial score (nSPS) is 10.8. The van der Waals surface area contributed by atoms with Crippen molar-refractivity contribution in [1.29, 1.82) is 0 Å². The van der Waals surface area contributed by atoms with Crippen molar-refractivity contribution in [2.45, 2.75) is 26.2 Å². The molecule has 4 nitrogen and oxygen atoms in total. The molecule has 0 aliphatic carbocycles. The van der Waals surface area contributed by atoms with Crippen molar-refractivity contribution in [2.24, 2.45) is 0 Å². The van der Waals surface area contributed by atoms with Gasteiger partial charge in [-0.25, -0.2) is 4.98 Å². The largest absolute Gasteiger partial charge is 0.354 e. The minimum absolute atomic E-state index is 0.648. The molecule has 0 unspecified atom stereocenters. The van der Waals surface area contributed by atoms with Crippen molar-refractivity contribution in [3.05, 3.63) is 53.6 Å². The monoisotopic (exact) mass is 340 g/mol. The highest BCUT2D eigenvalue weighted by Gasteiger charge is 2.08. The van der Waals surface area contributed by atoms with Crippen LogP contribution in [0.2, 0.25) is 5.02 Å². The summed E-state index contributed by atoms with van der Waals surface area (Å²) in [6.07, 6.45) is 3.51. The third-order valence-electron chi connectivity index (χ3n) is 3.75. The van der Waals surface area contributed by atoms with Gasteiger partial charge in [0.15, 0.2) is 0 Å². The second-order valence-corrected chi connectivity index (χ2v) is 6.12. The maximum absolute atomic E-state index is 6.07. The molecular formula is C19H21ClN4. The van der Waals surface area contributed by atoms with E-state index in [1.807, 2.05) is 48.5 Å². The summed E-state index contributed by atoms with van der Waals surface area (Å²) in [5.41, 5.74) is 1.82. The Morgan fingerprint density at radius 1 is 1.00 bits per heavy atom. The predicted octanol–water partition coefficient (Wildman–Crippen LogP) is 5.63. The average molecular weight is 341 g/mol. The van der Waals surface area contributed by atoms with E-state index in [0.717, 1.165) is 35.4 Å². The lowest BCUT2D eigenvalue weighted by atomic mass is 10.2. The molecule has 1 heterocycles. The van der Waals surface area contributed by atoms with Gasteiger partial charge >= 0.3 is 0 Å². The number of unbranched alkanes of at least 4 members (excludes halogenated alkanes) is 2. The van der Waals surface area contributed by atoms with Crippen LogP contribution in [0, 0.1) is 0 Å². The van der Waals surface area contributed by atoms with Gasteiger partial charge in [0.1, 0.15) is 5.82 Å². The summed E-state index contributed by atoms with van der Waals surface area (Å²) in [6.45, 7) is 3.07. The van der Waals surface area contributed by atoms with E-state index in [1.54, 1.807) is 0 Å². The van der Waals surface area contributed by atoms with Gasteiger partial charge < -0.3 is 10.6 Å². The predicted molar refractivity (Wildman–Crippen MR) is 102 cm³/mol. The standard InChI is InChI=1S/C19H21ClN4/c1-2-3-6-12-21-19-23-17-11-5-4-10-16(17)18(24-19)22-15-9-7-8-14(20)13-15/h4-5,7-11,13H,2-3,6,12H2,1H3,(H2,21,22,23,24). The summed E-state index contributed by atoms with van der Waals surface area (Å²) in [5.74, 6) is 1.43. The molecule has 124 valence electrons. The fourth-order valence-corrected chi connectivity index (χ4v) is 2.72. The number of nitrogens with zero attached hydrogens (tertiary/aromatic N) is 2. The number of aromatic nitrogens is 2. The molecule has 1 aromatic heterocycles. The molecule has 0 spiro atoms. The summed E-state index contributed by atoms with van der Waals surface area (Å²) >= 11 is 6.07. The zero-order valence-electron chi connectivity index (χ0n) is 13.7. The molecule has 3 rings (SSSR count). The summed E-state index contributed by atoms with van der Waals surface area (Å²) in [7, 11) is 0. The van der Waals surface area contributed by atoms with Gasteiger partial charge in [-0.05, 0) is 36.8 Å². The van der Waals surface area contributed by atoms with Crippen LogP contribution < -0.4 is 10.6 Å². The highest BCUT2D eigenvalue weighted by molar-refractivity contribution is 6.30. The van der Waals surface area contributed by atoms with Crippen LogP contribution in [-0.2, 0) is 0 Å². The van der Waals surface area contributed by atoms with Gasteiger partial charge in [0.25, 0.3) is 0 Å². The summed E-state index contributed by atoms with van der Waals surface area (Å²) in [4.78, 5) is 9.25. The van der Waals surface area contributed by atoms with E-state index in [-0.39, 0.29) is 0 Å². The lowest BCUT2D eigenvalue weighted by Crippen LogP contribution is -2.07. The Bertz CT molecular complexity index is 819. The number of anilines is 3. The zero-order valence-corrected chi connectivity index (χ0v) is 14.5. The number of hydrogen-bond acceptors (Lipinski definition) is 4. The molecule has 0 aliphatic heterocycles. The van der Waals surface area contributed by atoms with Crippen LogP contribution in [0.1, 0.15) is 26.2 Å². The van der Waals surface area contributed by atoms with Crippen molar-refractivity contribution in [1.82, 2.24) is 9.97 Å². The summed E-state index contributed by atoms with van der Waals surface area (Å²) < 4.78 is 0. The Kier molecular flexibility index (Phi) is 5.49. The van der Waals surface area contributed by atoms with Crippen molar-refractivity contribution in [3.63, 3.8) is 0 Å². The molecule has 0 fully saturated rings. The molecule has 0 saturated carbocycles. The van der Waals surface area contributed by atoms with E-state index in [2.05, 4.69) is 27.5 Å². The average Bonchev–Trinajstić information content (AvgIpc) is 2.59. The molecule has 2 aromatic carbocycles. The van der Waals surface area contributed by atoms with Crippen LogP contribution in [0.25, 0.3) is 10.9 Å². The topological polar surface area (TPSA) is 49.8 Å². The highest BCUT2D eigenvalue weighted by atomic mass is 35.5. The van der Waals surface area contributed by atoms with E-state index < -0.39 is 0 Å². The van der Waals surface area contributed by atoms with E-state index in [1.165, 1.54) is 12.8 Å². The molecule has 24 heavy (non-hydrogen) atoms. The van der Waals surface area contributed by atoms with Gasteiger partial charge in [0.05, 0.1) is 5.52 Å². The molecule has 0 bridgehead atoms. The second kappa shape index (κ2) is 7.97. The first kappa shape index (κ1) is 16.5. The maximum atomic E-state index is 6.07. The number of rotatable bonds is 7. The number of benzene rings is 2. The van der Waals surface area contributed by atoms with Gasteiger partial charge in [-0.2, -0.15) is 4.98 Å².